The highest BCUT2D eigenvalue weighted by Crippen LogP contribution is 2.32. The lowest BCUT2D eigenvalue weighted by Gasteiger charge is -2.20. The second kappa shape index (κ2) is 6.42. The summed E-state index contributed by atoms with van der Waals surface area (Å²) in [5, 5.41) is 2.77. The molecule has 0 atom stereocenters. The van der Waals surface area contributed by atoms with E-state index in [2.05, 4.69) is 5.32 Å². The van der Waals surface area contributed by atoms with Gasteiger partial charge in [0.1, 0.15) is 5.82 Å². The van der Waals surface area contributed by atoms with Crippen LogP contribution >= 0.6 is 11.8 Å². The van der Waals surface area contributed by atoms with Crippen molar-refractivity contribution < 1.29 is 14.0 Å². The molecule has 118 valence electrons. The van der Waals surface area contributed by atoms with Gasteiger partial charge in [-0.25, -0.2) is 4.39 Å². The number of hydrogen-bond donors (Lipinski definition) is 1. The third kappa shape index (κ3) is 3.53. The van der Waals surface area contributed by atoms with Crippen molar-refractivity contribution in [1.29, 1.82) is 0 Å². The van der Waals surface area contributed by atoms with Crippen LogP contribution in [0.5, 0.6) is 0 Å². The summed E-state index contributed by atoms with van der Waals surface area (Å²) < 4.78 is 13.2. The molecule has 0 saturated heterocycles. The first-order chi connectivity index (χ1) is 11.0. The van der Waals surface area contributed by atoms with Gasteiger partial charge >= 0.3 is 0 Å². The lowest BCUT2D eigenvalue weighted by molar-refractivity contribution is -0.113. The fourth-order valence-corrected chi connectivity index (χ4v) is 3.21. The molecule has 2 aromatic rings. The molecule has 0 fully saturated rings. The molecule has 0 aliphatic carbocycles. The van der Waals surface area contributed by atoms with Gasteiger partial charge in [-0.05, 0) is 35.9 Å². The Labute approximate surface area is 137 Å². The van der Waals surface area contributed by atoms with E-state index in [-0.39, 0.29) is 17.6 Å². The molecule has 0 radical (unpaired) electrons. The molecule has 1 N–H and O–H groups in total. The monoisotopic (exact) mass is 330 g/mol. The number of nitrogens with one attached hydrogen (secondary N) is 1. The van der Waals surface area contributed by atoms with E-state index in [1.807, 2.05) is 6.07 Å². The van der Waals surface area contributed by atoms with E-state index in [9.17, 15) is 14.0 Å². The highest BCUT2D eigenvalue weighted by molar-refractivity contribution is 8.00. The molecule has 0 bridgehead atoms. The maximum Gasteiger partial charge on any atom is 0.253 e. The Morgan fingerprint density at radius 2 is 2.13 bits per heavy atom. The van der Waals surface area contributed by atoms with Crippen LogP contribution in [-0.4, -0.2) is 29.5 Å². The first-order valence-electron chi connectivity index (χ1n) is 7.09. The molecule has 2 aromatic carbocycles. The zero-order valence-electron chi connectivity index (χ0n) is 12.5. The second-order valence-electron chi connectivity index (χ2n) is 5.34. The number of amides is 2. The summed E-state index contributed by atoms with van der Waals surface area (Å²) in [6, 6.07) is 11.4. The predicted octanol–water partition coefficient (Wildman–Crippen LogP) is 3.14. The van der Waals surface area contributed by atoms with Gasteiger partial charge in [-0.2, -0.15) is 0 Å². The number of halogens is 1. The Kier molecular flexibility index (Phi) is 4.34. The van der Waals surface area contributed by atoms with Crippen LogP contribution in [0, 0.1) is 5.82 Å². The molecule has 4 nitrogen and oxygen atoms in total. The minimum atomic E-state index is -0.322. The highest BCUT2D eigenvalue weighted by Gasteiger charge is 2.19. The minimum absolute atomic E-state index is 0.0692. The number of fused-ring (bicyclic) bond motifs is 1. The second-order valence-corrected chi connectivity index (χ2v) is 6.36. The van der Waals surface area contributed by atoms with Crippen molar-refractivity contribution in [2.45, 2.75) is 11.4 Å². The number of benzene rings is 2. The van der Waals surface area contributed by atoms with Crippen molar-refractivity contribution >= 4 is 29.3 Å². The molecule has 0 unspecified atom stereocenters. The number of anilines is 1. The number of thioether (sulfide) groups is 1. The van der Waals surface area contributed by atoms with Gasteiger partial charge in [0, 0.05) is 24.1 Å². The van der Waals surface area contributed by atoms with Crippen molar-refractivity contribution in [2.75, 3.05) is 18.1 Å². The smallest absolute Gasteiger partial charge is 0.253 e. The van der Waals surface area contributed by atoms with Crippen molar-refractivity contribution in [2.24, 2.45) is 0 Å². The van der Waals surface area contributed by atoms with E-state index < -0.39 is 0 Å². The number of hydrogen-bond acceptors (Lipinski definition) is 3. The van der Waals surface area contributed by atoms with Crippen LogP contribution in [0.1, 0.15) is 15.9 Å². The lowest BCUT2D eigenvalue weighted by Crippen LogP contribution is -2.27. The molecular formula is C17H15FN2O2S. The molecule has 1 heterocycles. The molecular weight excluding hydrogens is 315 g/mol. The van der Waals surface area contributed by atoms with Crippen molar-refractivity contribution in [3.8, 4) is 0 Å². The van der Waals surface area contributed by atoms with Crippen LogP contribution in [0.15, 0.2) is 47.4 Å². The molecule has 23 heavy (non-hydrogen) atoms. The number of nitrogens with zero attached hydrogens (tertiary/aromatic N) is 1. The van der Waals surface area contributed by atoms with E-state index in [0.717, 1.165) is 10.5 Å². The fraction of sp³-hybridized carbons (Fsp3) is 0.176. The third-order valence-electron chi connectivity index (χ3n) is 3.51. The first-order valence-corrected chi connectivity index (χ1v) is 8.08. The van der Waals surface area contributed by atoms with E-state index in [1.165, 1.54) is 28.8 Å². The van der Waals surface area contributed by atoms with Crippen molar-refractivity contribution in [3.05, 3.63) is 59.4 Å². The summed E-state index contributed by atoms with van der Waals surface area (Å²) >= 11 is 1.45. The van der Waals surface area contributed by atoms with Crippen molar-refractivity contribution in [3.63, 3.8) is 0 Å². The van der Waals surface area contributed by atoms with Gasteiger partial charge in [0.2, 0.25) is 5.91 Å². The summed E-state index contributed by atoms with van der Waals surface area (Å²) in [7, 11) is 1.67. The molecule has 0 aromatic heterocycles. The standard InChI is InChI=1S/C17H15FN2O2S/c1-20(9-11-3-2-4-13(18)7-11)17(22)12-5-6-15-14(8-12)19-16(21)10-23-15/h2-8H,9-10H2,1H3,(H,19,21). The number of carbonyl (C=O) groups excluding carboxylic acids is 2. The van der Waals surface area contributed by atoms with Crippen LogP contribution in [0.2, 0.25) is 0 Å². The van der Waals surface area contributed by atoms with Gasteiger partial charge in [-0.15, -0.1) is 11.8 Å². The van der Waals surface area contributed by atoms with Crippen LogP contribution < -0.4 is 5.32 Å². The summed E-state index contributed by atoms with van der Waals surface area (Å²) in [5.74, 6) is -0.182. The average Bonchev–Trinajstić information content (AvgIpc) is 2.53. The first kappa shape index (κ1) is 15.6. The molecule has 1 aliphatic heterocycles. The van der Waals surface area contributed by atoms with Crippen LogP contribution in [0.25, 0.3) is 0 Å². The van der Waals surface area contributed by atoms with Gasteiger partial charge in [-0.3, -0.25) is 9.59 Å². The lowest BCUT2D eigenvalue weighted by atomic mass is 10.1. The Morgan fingerprint density at radius 3 is 2.91 bits per heavy atom. The average molecular weight is 330 g/mol. The van der Waals surface area contributed by atoms with Gasteiger partial charge < -0.3 is 10.2 Å². The molecule has 1 aliphatic rings. The van der Waals surface area contributed by atoms with Gasteiger partial charge in [0.25, 0.3) is 5.91 Å². The van der Waals surface area contributed by atoms with Gasteiger partial charge in [-0.1, -0.05) is 12.1 Å². The number of carbonyl (C=O) groups is 2. The van der Waals surface area contributed by atoms with Gasteiger partial charge in [0.05, 0.1) is 11.4 Å². The van der Waals surface area contributed by atoms with Crippen LogP contribution in [0.4, 0.5) is 10.1 Å². The largest absolute Gasteiger partial charge is 0.337 e. The summed E-state index contributed by atoms with van der Waals surface area (Å²) in [6.07, 6.45) is 0. The van der Waals surface area contributed by atoms with E-state index in [4.69, 9.17) is 0 Å². The quantitative estimate of drug-likeness (QED) is 0.940. The Balaban J connectivity index is 1.77. The zero-order valence-corrected chi connectivity index (χ0v) is 13.3. The molecule has 0 saturated carbocycles. The van der Waals surface area contributed by atoms with E-state index in [0.29, 0.717) is 23.5 Å². The Bertz CT molecular complexity index is 779. The SMILES string of the molecule is CN(Cc1cccc(F)c1)C(=O)c1ccc2c(c1)NC(=O)CS2. The summed E-state index contributed by atoms with van der Waals surface area (Å²) in [6.45, 7) is 0.314. The third-order valence-corrected chi connectivity index (χ3v) is 4.59. The molecule has 0 spiro atoms. The van der Waals surface area contributed by atoms with E-state index >= 15 is 0 Å². The minimum Gasteiger partial charge on any atom is -0.337 e. The summed E-state index contributed by atoms with van der Waals surface area (Å²) in [4.78, 5) is 26.4. The number of rotatable bonds is 3. The maximum atomic E-state index is 13.2. The Morgan fingerprint density at radius 1 is 1.30 bits per heavy atom. The van der Waals surface area contributed by atoms with E-state index in [1.54, 1.807) is 31.3 Å². The molecule has 6 heteroatoms. The topological polar surface area (TPSA) is 49.4 Å². The Hall–Kier alpha value is -2.34. The normalized spacial score (nSPS) is 13.2. The zero-order chi connectivity index (χ0) is 16.4. The fourth-order valence-electron chi connectivity index (χ4n) is 2.42. The maximum absolute atomic E-state index is 13.2. The highest BCUT2D eigenvalue weighted by atomic mass is 32.2. The molecule has 3 rings (SSSR count). The predicted molar refractivity (Wildman–Crippen MR) is 88.0 cm³/mol. The molecule has 2 amide bonds. The van der Waals surface area contributed by atoms with Crippen LogP contribution in [0.3, 0.4) is 0 Å². The van der Waals surface area contributed by atoms with Crippen LogP contribution in [-0.2, 0) is 11.3 Å². The van der Waals surface area contributed by atoms with Gasteiger partial charge in [0.15, 0.2) is 0 Å². The van der Waals surface area contributed by atoms with Crippen molar-refractivity contribution in [1.82, 2.24) is 4.90 Å². The summed E-state index contributed by atoms with van der Waals surface area (Å²) in [5.41, 5.74) is 1.88.